The fourth-order valence-electron chi connectivity index (χ4n) is 3.09. The first-order chi connectivity index (χ1) is 13.1. The fraction of sp³-hybridized carbons (Fsp3) is 0.364. The van der Waals surface area contributed by atoms with Crippen LogP contribution in [0.2, 0.25) is 0 Å². The number of aryl methyl sites for hydroxylation is 1. The molecule has 1 atom stereocenters. The molecule has 0 heterocycles. The molecule has 0 aromatic heterocycles. The molecule has 4 nitrogen and oxygen atoms in total. The van der Waals surface area contributed by atoms with Gasteiger partial charge in [-0.3, -0.25) is 9.59 Å². The van der Waals surface area contributed by atoms with E-state index < -0.39 is 5.97 Å². The second-order valence-electron chi connectivity index (χ2n) is 6.62. The Hall–Kier alpha value is -2.27. The Balaban J connectivity index is 1.87. The lowest BCUT2D eigenvalue weighted by molar-refractivity contribution is -0.137. The van der Waals surface area contributed by atoms with Crippen LogP contribution in [0, 0.1) is 5.92 Å². The Bertz CT molecular complexity index is 706. The molecule has 0 spiro atoms. The van der Waals surface area contributed by atoms with Gasteiger partial charge in [0.2, 0.25) is 5.91 Å². The van der Waals surface area contributed by atoms with Gasteiger partial charge in [-0.2, -0.15) is 12.6 Å². The molecular weight excluding hydrogens is 358 g/mol. The number of nitrogens with zero attached hydrogens (tertiary/aromatic N) is 1. The van der Waals surface area contributed by atoms with Gasteiger partial charge in [0, 0.05) is 17.4 Å². The molecule has 2 aromatic carbocycles. The third kappa shape index (κ3) is 7.10. The number of anilines is 1. The van der Waals surface area contributed by atoms with Crippen LogP contribution < -0.4 is 4.90 Å². The summed E-state index contributed by atoms with van der Waals surface area (Å²) in [7, 11) is 0. The van der Waals surface area contributed by atoms with E-state index in [2.05, 4.69) is 24.8 Å². The Morgan fingerprint density at radius 3 is 2.15 bits per heavy atom. The van der Waals surface area contributed by atoms with Crippen LogP contribution in [-0.4, -0.2) is 29.3 Å². The zero-order chi connectivity index (χ0) is 19.5. The smallest absolute Gasteiger partial charge is 0.323 e. The zero-order valence-electron chi connectivity index (χ0n) is 15.5. The van der Waals surface area contributed by atoms with Crippen LogP contribution in [0.3, 0.4) is 0 Å². The second-order valence-corrected chi connectivity index (χ2v) is 6.98. The molecule has 0 aliphatic heterocycles. The predicted molar refractivity (Wildman–Crippen MR) is 112 cm³/mol. The maximum atomic E-state index is 12.9. The SMILES string of the molecule is O=C(O)CN(C(=O)[C@H](CS)CCCCCc1ccccc1)c1ccccc1. The van der Waals surface area contributed by atoms with Gasteiger partial charge in [0.25, 0.3) is 0 Å². The van der Waals surface area contributed by atoms with Crippen molar-refractivity contribution in [3.05, 3.63) is 66.2 Å². The summed E-state index contributed by atoms with van der Waals surface area (Å²) in [5.41, 5.74) is 1.94. The second kappa shape index (κ2) is 11.4. The average molecular weight is 386 g/mol. The van der Waals surface area contributed by atoms with E-state index in [-0.39, 0.29) is 18.4 Å². The number of benzene rings is 2. The summed E-state index contributed by atoms with van der Waals surface area (Å²) in [5.74, 6) is -1.04. The normalized spacial score (nSPS) is 11.7. The third-order valence-corrected chi connectivity index (χ3v) is 5.00. The number of hydrogen-bond donors (Lipinski definition) is 2. The molecule has 1 amide bonds. The average Bonchev–Trinajstić information content (AvgIpc) is 2.70. The molecule has 1 N–H and O–H groups in total. The number of carboxylic acid groups (broad SMARTS) is 1. The van der Waals surface area contributed by atoms with Gasteiger partial charge in [-0.25, -0.2) is 0 Å². The topological polar surface area (TPSA) is 57.6 Å². The summed E-state index contributed by atoms with van der Waals surface area (Å²) in [4.78, 5) is 25.5. The van der Waals surface area contributed by atoms with E-state index in [9.17, 15) is 14.7 Å². The third-order valence-electron chi connectivity index (χ3n) is 4.56. The maximum absolute atomic E-state index is 12.9. The van der Waals surface area contributed by atoms with Crippen molar-refractivity contribution in [1.29, 1.82) is 0 Å². The predicted octanol–water partition coefficient (Wildman–Crippen LogP) is 4.45. The number of para-hydroxylation sites is 1. The highest BCUT2D eigenvalue weighted by molar-refractivity contribution is 7.80. The monoisotopic (exact) mass is 385 g/mol. The summed E-state index contributed by atoms with van der Waals surface area (Å²) >= 11 is 4.34. The number of rotatable bonds is 11. The minimum absolute atomic E-state index is 0.165. The van der Waals surface area contributed by atoms with Gasteiger partial charge >= 0.3 is 5.97 Å². The fourth-order valence-corrected chi connectivity index (χ4v) is 3.43. The van der Waals surface area contributed by atoms with E-state index >= 15 is 0 Å². The van der Waals surface area contributed by atoms with Crippen molar-refractivity contribution in [2.75, 3.05) is 17.2 Å². The minimum atomic E-state index is -1.02. The Morgan fingerprint density at radius 1 is 0.926 bits per heavy atom. The lowest BCUT2D eigenvalue weighted by Gasteiger charge is -2.25. The van der Waals surface area contributed by atoms with Crippen LogP contribution in [0.15, 0.2) is 60.7 Å². The van der Waals surface area contributed by atoms with E-state index in [0.29, 0.717) is 11.4 Å². The van der Waals surface area contributed by atoms with Crippen LogP contribution in [0.1, 0.15) is 31.2 Å². The Labute approximate surface area is 166 Å². The van der Waals surface area contributed by atoms with Crippen LogP contribution >= 0.6 is 12.6 Å². The number of hydrogen-bond acceptors (Lipinski definition) is 3. The lowest BCUT2D eigenvalue weighted by atomic mass is 9.99. The van der Waals surface area contributed by atoms with Gasteiger partial charge in [-0.1, -0.05) is 61.4 Å². The van der Waals surface area contributed by atoms with E-state index in [1.54, 1.807) is 24.3 Å². The number of unbranched alkanes of at least 4 members (excludes halogenated alkanes) is 2. The van der Waals surface area contributed by atoms with E-state index in [4.69, 9.17) is 0 Å². The molecule has 0 saturated heterocycles. The highest BCUT2D eigenvalue weighted by Gasteiger charge is 2.25. The Morgan fingerprint density at radius 2 is 1.56 bits per heavy atom. The number of carboxylic acids is 1. The Kier molecular flexibility index (Phi) is 8.92. The first-order valence-corrected chi connectivity index (χ1v) is 9.98. The molecule has 27 heavy (non-hydrogen) atoms. The summed E-state index contributed by atoms with van der Waals surface area (Å²) in [5, 5.41) is 9.19. The number of carbonyl (C=O) groups is 2. The van der Waals surface area contributed by atoms with Crippen molar-refractivity contribution in [1.82, 2.24) is 0 Å². The molecule has 2 rings (SSSR count). The van der Waals surface area contributed by atoms with Crippen LogP contribution in [-0.2, 0) is 16.0 Å². The van der Waals surface area contributed by atoms with Crippen molar-refractivity contribution in [3.8, 4) is 0 Å². The molecule has 5 heteroatoms. The van der Waals surface area contributed by atoms with Crippen molar-refractivity contribution in [2.24, 2.45) is 5.92 Å². The van der Waals surface area contributed by atoms with Crippen LogP contribution in [0.4, 0.5) is 5.69 Å². The lowest BCUT2D eigenvalue weighted by Crippen LogP contribution is -2.40. The summed E-state index contributed by atoms with van der Waals surface area (Å²) in [6.07, 6.45) is 4.81. The molecule has 0 aliphatic carbocycles. The molecule has 2 aromatic rings. The summed E-state index contributed by atoms with van der Waals surface area (Å²) in [6.45, 7) is -0.332. The quantitative estimate of drug-likeness (QED) is 0.444. The highest BCUT2D eigenvalue weighted by atomic mass is 32.1. The molecule has 0 aliphatic rings. The van der Waals surface area contributed by atoms with Gasteiger partial charge in [0.15, 0.2) is 0 Å². The van der Waals surface area contributed by atoms with Gasteiger partial charge in [0.1, 0.15) is 6.54 Å². The molecule has 0 saturated carbocycles. The van der Waals surface area contributed by atoms with Gasteiger partial charge < -0.3 is 10.0 Å². The van der Waals surface area contributed by atoms with E-state index in [1.807, 2.05) is 24.3 Å². The first kappa shape index (κ1) is 21.0. The highest BCUT2D eigenvalue weighted by Crippen LogP contribution is 2.21. The van der Waals surface area contributed by atoms with Gasteiger partial charge in [-0.05, 0) is 37.0 Å². The molecule has 0 unspecified atom stereocenters. The van der Waals surface area contributed by atoms with Crippen molar-refractivity contribution in [2.45, 2.75) is 32.1 Å². The number of amides is 1. The van der Waals surface area contributed by atoms with Gasteiger partial charge in [-0.15, -0.1) is 0 Å². The van der Waals surface area contributed by atoms with Crippen molar-refractivity contribution >= 4 is 30.2 Å². The van der Waals surface area contributed by atoms with Gasteiger partial charge in [0.05, 0.1) is 0 Å². The van der Waals surface area contributed by atoms with Crippen molar-refractivity contribution in [3.63, 3.8) is 0 Å². The molecule has 144 valence electrons. The summed E-state index contributed by atoms with van der Waals surface area (Å²) in [6, 6.07) is 19.3. The molecule has 0 fully saturated rings. The van der Waals surface area contributed by atoms with E-state index in [1.165, 1.54) is 10.5 Å². The maximum Gasteiger partial charge on any atom is 0.323 e. The summed E-state index contributed by atoms with van der Waals surface area (Å²) < 4.78 is 0. The van der Waals surface area contributed by atoms with Crippen molar-refractivity contribution < 1.29 is 14.7 Å². The number of thiol groups is 1. The largest absolute Gasteiger partial charge is 0.480 e. The number of carbonyl (C=O) groups excluding carboxylic acids is 1. The molecular formula is C22H27NO3S. The number of aliphatic carboxylic acids is 1. The van der Waals surface area contributed by atoms with Crippen LogP contribution in [0.5, 0.6) is 0 Å². The zero-order valence-corrected chi connectivity index (χ0v) is 16.4. The van der Waals surface area contributed by atoms with E-state index in [0.717, 1.165) is 32.1 Å². The molecule has 0 bridgehead atoms. The first-order valence-electron chi connectivity index (χ1n) is 9.35. The standard InChI is InChI=1S/C22H27NO3S/c24-21(25)16-23(20-14-8-3-9-15-20)22(26)19(17-27)13-7-2-6-12-18-10-4-1-5-11-18/h1,3-5,8-11,14-15,19,27H,2,6-7,12-13,16-17H2,(H,24,25)/t19-/m0/s1. The molecule has 0 radical (unpaired) electrons. The van der Waals surface area contributed by atoms with Crippen LogP contribution in [0.25, 0.3) is 0 Å². The minimum Gasteiger partial charge on any atom is -0.480 e.